The smallest absolute Gasteiger partial charge is 0.303 e. The van der Waals surface area contributed by atoms with Crippen LogP contribution in [-0.4, -0.2) is 30.6 Å². The molecule has 19 heavy (non-hydrogen) atoms. The summed E-state index contributed by atoms with van der Waals surface area (Å²) < 4.78 is 5.95. The van der Waals surface area contributed by atoms with Crippen molar-refractivity contribution < 1.29 is 19.4 Å². The van der Waals surface area contributed by atoms with Crippen molar-refractivity contribution in [3.8, 4) is 5.75 Å². The zero-order valence-electron chi connectivity index (χ0n) is 10.8. The Morgan fingerprint density at radius 2 is 2.16 bits per heavy atom. The quantitative estimate of drug-likeness (QED) is 0.839. The van der Waals surface area contributed by atoms with Crippen molar-refractivity contribution in [3.63, 3.8) is 0 Å². The summed E-state index contributed by atoms with van der Waals surface area (Å²) in [5.74, 6) is -0.801. The highest BCUT2D eigenvalue weighted by atomic mass is 79.9. The number of carbonyl (C=O) groups excluding carboxylic acids is 1. The monoisotopic (exact) mass is 329 g/mol. The van der Waals surface area contributed by atoms with Gasteiger partial charge in [0.2, 0.25) is 0 Å². The van der Waals surface area contributed by atoms with E-state index in [0.29, 0.717) is 17.9 Å². The molecule has 2 N–H and O–H groups in total. The number of carbonyl (C=O) groups is 2. The van der Waals surface area contributed by atoms with Crippen LogP contribution >= 0.6 is 15.9 Å². The van der Waals surface area contributed by atoms with Crippen LogP contribution in [0.3, 0.4) is 0 Å². The Bertz CT molecular complexity index is 476. The maximum Gasteiger partial charge on any atom is 0.303 e. The molecular formula is C13H16BrNO4. The molecule has 104 valence electrons. The number of hydrogen-bond acceptors (Lipinski definition) is 3. The average Bonchev–Trinajstić information content (AvgIpc) is 2.34. The molecule has 0 bridgehead atoms. The summed E-state index contributed by atoms with van der Waals surface area (Å²) in [6.45, 7) is 2.08. The number of amides is 1. The molecule has 0 spiro atoms. The second kappa shape index (κ2) is 7.13. The summed E-state index contributed by atoms with van der Waals surface area (Å²) in [5, 5.41) is 11.3. The third-order valence-electron chi connectivity index (χ3n) is 2.54. The highest BCUT2D eigenvalue weighted by Gasteiger charge is 2.14. The van der Waals surface area contributed by atoms with Gasteiger partial charge in [-0.15, -0.1) is 0 Å². The van der Waals surface area contributed by atoms with E-state index in [1.807, 2.05) is 0 Å². The van der Waals surface area contributed by atoms with Gasteiger partial charge in [-0.2, -0.15) is 0 Å². The molecule has 1 aromatic rings. The minimum absolute atomic E-state index is 0.0255. The summed E-state index contributed by atoms with van der Waals surface area (Å²) >= 11 is 3.30. The third kappa shape index (κ3) is 4.90. The number of carboxylic acid groups (broad SMARTS) is 1. The zero-order valence-corrected chi connectivity index (χ0v) is 12.4. The molecule has 1 rings (SSSR count). The van der Waals surface area contributed by atoms with Gasteiger partial charge in [-0.3, -0.25) is 9.59 Å². The molecule has 0 aliphatic rings. The van der Waals surface area contributed by atoms with Gasteiger partial charge in [0.25, 0.3) is 5.91 Å². The van der Waals surface area contributed by atoms with E-state index in [1.165, 1.54) is 7.11 Å². The lowest BCUT2D eigenvalue weighted by Gasteiger charge is -2.12. The van der Waals surface area contributed by atoms with Gasteiger partial charge in [0.15, 0.2) is 0 Å². The molecule has 0 aliphatic carbocycles. The van der Waals surface area contributed by atoms with Crippen molar-refractivity contribution in [1.82, 2.24) is 5.32 Å². The molecular weight excluding hydrogens is 314 g/mol. The van der Waals surface area contributed by atoms with Crippen LogP contribution in [0.5, 0.6) is 5.75 Å². The van der Waals surface area contributed by atoms with Crippen molar-refractivity contribution in [2.45, 2.75) is 13.3 Å². The fraction of sp³-hybridized carbons (Fsp3) is 0.385. The van der Waals surface area contributed by atoms with E-state index in [9.17, 15) is 9.59 Å². The van der Waals surface area contributed by atoms with Gasteiger partial charge in [0, 0.05) is 17.4 Å². The SMILES string of the molecule is COc1cc(Br)ccc1C(=O)NCC(C)CC(=O)O. The van der Waals surface area contributed by atoms with Crippen molar-refractivity contribution >= 4 is 27.8 Å². The fourth-order valence-electron chi connectivity index (χ4n) is 1.59. The Morgan fingerprint density at radius 1 is 1.47 bits per heavy atom. The maximum absolute atomic E-state index is 12.0. The van der Waals surface area contributed by atoms with Crippen LogP contribution in [-0.2, 0) is 4.79 Å². The fourth-order valence-corrected chi connectivity index (χ4v) is 1.93. The first kappa shape index (κ1) is 15.5. The molecule has 0 saturated carbocycles. The average molecular weight is 330 g/mol. The number of halogens is 1. The van der Waals surface area contributed by atoms with Gasteiger partial charge >= 0.3 is 5.97 Å². The lowest BCUT2D eigenvalue weighted by molar-refractivity contribution is -0.137. The Hall–Kier alpha value is -1.56. The second-order valence-corrected chi connectivity index (χ2v) is 5.17. The summed E-state index contributed by atoms with van der Waals surface area (Å²) in [5.41, 5.74) is 0.424. The third-order valence-corrected chi connectivity index (χ3v) is 3.04. The first-order chi connectivity index (χ1) is 8.93. The number of carboxylic acids is 1. The number of ether oxygens (including phenoxy) is 1. The van der Waals surface area contributed by atoms with Crippen LogP contribution in [0.15, 0.2) is 22.7 Å². The normalized spacial score (nSPS) is 11.7. The van der Waals surface area contributed by atoms with E-state index in [0.717, 1.165) is 4.47 Å². The number of methoxy groups -OCH3 is 1. The molecule has 1 aromatic carbocycles. The van der Waals surface area contributed by atoms with E-state index in [2.05, 4.69) is 21.2 Å². The summed E-state index contributed by atoms with van der Waals surface area (Å²) in [6, 6.07) is 5.10. The number of benzene rings is 1. The minimum Gasteiger partial charge on any atom is -0.496 e. The Kier molecular flexibility index (Phi) is 5.82. The molecule has 5 nitrogen and oxygen atoms in total. The molecule has 6 heteroatoms. The summed E-state index contributed by atoms with van der Waals surface area (Å²) in [4.78, 5) is 22.5. The molecule has 0 fully saturated rings. The van der Waals surface area contributed by atoms with E-state index >= 15 is 0 Å². The first-order valence-electron chi connectivity index (χ1n) is 5.77. The Labute approximate surface area is 120 Å². The predicted octanol–water partition coefficient (Wildman–Crippen LogP) is 2.30. The van der Waals surface area contributed by atoms with Gasteiger partial charge in [0.1, 0.15) is 5.75 Å². The van der Waals surface area contributed by atoms with Crippen LogP contribution in [0, 0.1) is 5.92 Å². The highest BCUT2D eigenvalue weighted by molar-refractivity contribution is 9.10. The number of nitrogens with one attached hydrogen (secondary N) is 1. The summed E-state index contributed by atoms with van der Waals surface area (Å²) in [6.07, 6.45) is 0.0255. The van der Waals surface area contributed by atoms with Gasteiger partial charge in [0.05, 0.1) is 12.7 Å². The van der Waals surface area contributed by atoms with Crippen molar-refractivity contribution in [2.75, 3.05) is 13.7 Å². The second-order valence-electron chi connectivity index (χ2n) is 4.26. The summed E-state index contributed by atoms with van der Waals surface area (Å²) in [7, 11) is 1.49. The van der Waals surface area contributed by atoms with Crippen molar-refractivity contribution in [1.29, 1.82) is 0 Å². The zero-order chi connectivity index (χ0) is 14.4. The van der Waals surface area contributed by atoms with Crippen LogP contribution in [0.2, 0.25) is 0 Å². The van der Waals surface area contributed by atoms with E-state index in [-0.39, 0.29) is 18.2 Å². The first-order valence-corrected chi connectivity index (χ1v) is 6.57. The van der Waals surface area contributed by atoms with Crippen molar-refractivity contribution in [2.24, 2.45) is 5.92 Å². The standard InChI is InChI=1S/C13H16BrNO4/c1-8(5-12(16)17)7-15-13(18)10-4-3-9(14)6-11(10)19-2/h3-4,6,8H,5,7H2,1-2H3,(H,15,18)(H,16,17). The van der Waals surface area contributed by atoms with Gasteiger partial charge in [-0.25, -0.2) is 0 Å². The van der Waals surface area contributed by atoms with Crippen molar-refractivity contribution in [3.05, 3.63) is 28.2 Å². The lowest BCUT2D eigenvalue weighted by atomic mass is 10.1. The Morgan fingerprint density at radius 3 is 2.74 bits per heavy atom. The number of rotatable bonds is 6. The molecule has 1 amide bonds. The van der Waals surface area contributed by atoms with Gasteiger partial charge in [-0.1, -0.05) is 22.9 Å². The molecule has 1 atom stereocenters. The topological polar surface area (TPSA) is 75.6 Å². The predicted molar refractivity (Wildman–Crippen MR) is 74.4 cm³/mol. The van der Waals surface area contributed by atoms with Crippen LogP contribution in [0.25, 0.3) is 0 Å². The highest BCUT2D eigenvalue weighted by Crippen LogP contribution is 2.23. The minimum atomic E-state index is -0.872. The molecule has 1 unspecified atom stereocenters. The number of hydrogen-bond donors (Lipinski definition) is 2. The lowest BCUT2D eigenvalue weighted by Crippen LogP contribution is -2.29. The van der Waals surface area contributed by atoms with Gasteiger partial charge in [-0.05, 0) is 24.1 Å². The van der Waals surface area contributed by atoms with Gasteiger partial charge < -0.3 is 15.2 Å². The van der Waals surface area contributed by atoms with Crippen LogP contribution in [0.1, 0.15) is 23.7 Å². The maximum atomic E-state index is 12.0. The largest absolute Gasteiger partial charge is 0.496 e. The Balaban J connectivity index is 2.66. The van der Waals surface area contributed by atoms with Crippen LogP contribution in [0.4, 0.5) is 0 Å². The van der Waals surface area contributed by atoms with E-state index < -0.39 is 5.97 Å². The number of aliphatic carboxylic acids is 1. The molecule has 0 heterocycles. The van der Waals surface area contributed by atoms with Crippen LogP contribution < -0.4 is 10.1 Å². The van der Waals surface area contributed by atoms with E-state index in [1.54, 1.807) is 25.1 Å². The molecule has 0 saturated heterocycles. The molecule has 0 aliphatic heterocycles. The molecule has 0 radical (unpaired) electrons. The molecule has 0 aromatic heterocycles. The van der Waals surface area contributed by atoms with E-state index in [4.69, 9.17) is 9.84 Å².